The zero-order chi connectivity index (χ0) is 14.5. The quantitative estimate of drug-likeness (QED) is 0.674. The molecule has 0 aromatic carbocycles. The van der Waals surface area contributed by atoms with Gasteiger partial charge in [0, 0.05) is 20.1 Å². The number of amides is 2. The molecular weight excluding hydrogens is 248 g/mol. The lowest BCUT2D eigenvalue weighted by Crippen LogP contribution is -2.47. The van der Waals surface area contributed by atoms with Crippen molar-refractivity contribution >= 4 is 12.0 Å². The van der Waals surface area contributed by atoms with Gasteiger partial charge in [-0.05, 0) is 25.7 Å². The van der Waals surface area contributed by atoms with E-state index in [0.29, 0.717) is 12.5 Å². The minimum Gasteiger partial charge on any atom is -0.481 e. The second-order valence-electron chi connectivity index (χ2n) is 5.76. The van der Waals surface area contributed by atoms with E-state index in [9.17, 15) is 14.7 Å². The average Bonchev–Trinajstić information content (AvgIpc) is 2.76. The van der Waals surface area contributed by atoms with E-state index in [4.69, 9.17) is 5.11 Å². The molecule has 1 unspecified atom stereocenters. The summed E-state index contributed by atoms with van der Waals surface area (Å²) in [5.41, 5.74) is -1.42. The van der Waals surface area contributed by atoms with Gasteiger partial charge in [-0.25, -0.2) is 4.79 Å². The Morgan fingerprint density at radius 2 is 1.95 bits per heavy atom. The van der Waals surface area contributed by atoms with Crippen LogP contribution in [0.4, 0.5) is 4.79 Å². The molecule has 2 amide bonds. The Bertz CT molecular complexity index is 325. The number of hydrogen-bond acceptors (Lipinski definition) is 3. The Morgan fingerprint density at radius 1 is 1.37 bits per heavy atom. The minimum atomic E-state index is -1.42. The van der Waals surface area contributed by atoms with Crippen LogP contribution in [0.3, 0.4) is 0 Å². The molecule has 1 rings (SSSR count). The van der Waals surface area contributed by atoms with E-state index in [2.05, 4.69) is 5.32 Å². The molecule has 110 valence electrons. The summed E-state index contributed by atoms with van der Waals surface area (Å²) in [5, 5.41) is 21.0. The van der Waals surface area contributed by atoms with Crippen molar-refractivity contribution in [2.24, 2.45) is 5.92 Å². The van der Waals surface area contributed by atoms with E-state index in [1.165, 1.54) is 19.8 Å². The van der Waals surface area contributed by atoms with Crippen molar-refractivity contribution in [3.8, 4) is 0 Å². The zero-order valence-corrected chi connectivity index (χ0v) is 11.7. The first kappa shape index (κ1) is 15.8. The smallest absolute Gasteiger partial charge is 0.317 e. The van der Waals surface area contributed by atoms with Crippen LogP contribution in [0.25, 0.3) is 0 Å². The fourth-order valence-electron chi connectivity index (χ4n) is 2.45. The van der Waals surface area contributed by atoms with Crippen LogP contribution in [-0.2, 0) is 4.79 Å². The highest BCUT2D eigenvalue weighted by atomic mass is 16.4. The molecule has 6 nitrogen and oxygen atoms in total. The lowest BCUT2D eigenvalue weighted by atomic mass is 10.0. The second-order valence-corrected chi connectivity index (χ2v) is 5.76. The van der Waals surface area contributed by atoms with Crippen molar-refractivity contribution in [1.29, 1.82) is 0 Å². The topological polar surface area (TPSA) is 89.9 Å². The van der Waals surface area contributed by atoms with Gasteiger partial charge in [0.2, 0.25) is 0 Å². The predicted octanol–water partition coefficient (Wildman–Crippen LogP) is 1.04. The SMILES string of the molecule is CN(CC1CCCC1)C(=O)NCC(C)(O)CC(=O)O. The van der Waals surface area contributed by atoms with Gasteiger partial charge in [0.25, 0.3) is 0 Å². The highest BCUT2D eigenvalue weighted by Gasteiger charge is 2.26. The molecule has 0 bridgehead atoms. The van der Waals surface area contributed by atoms with E-state index in [1.807, 2.05) is 0 Å². The molecule has 0 spiro atoms. The maximum atomic E-state index is 11.8. The molecule has 0 aromatic rings. The normalized spacial score (nSPS) is 18.9. The molecule has 0 saturated heterocycles. The third-order valence-corrected chi connectivity index (χ3v) is 3.51. The van der Waals surface area contributed by atoms with E-state index in [1.54, 1.807) is 11.9 Å². The molecule has 1 aliphatic carbocycles. The number of hydrogen-bond donors (Lipinski definition) is 3. The van der Waals surface area contributed by atoms with Crippen molar-refractivity contribution < 1.29 is 19.8 Å². The molecule has 0 aliphatic heterocycles. The monoisotopic (exact) mass is 272 g/mol. The van der Waals surface area contributed by atoms with Gasteiger partial charge in [0.15, 0.2) is 0 Å². The Labute approximate surface area is 113 Å². The summed E-state index contributed by atoms with van der Waals surface area (Å²) in [5.74, 6) is -0.520. The summed E-state index contributed by atoms with van der Waals surface area (Å²) in [7, 11) is 1.72. The Morgan fingerprint density at radius 3 is 2.47 bits per heavy atom. The standard InChI is InChI=1S/C13H24N2O4/c1-13(19,7-11(16)17)9-14-12(18)15(2)8-10-5-3-4-6-10/h10,19H,3-9H2,1-2H3,(H,14,18)(H,16,17). The zero-order valence-electron chi connectivity index (χ0n) is 11.7. The maximum Gasteiger partial charge on any atom is 0.317 e. The molecular formula is C13H24N2O4. The molecule has 3 N–H and O–H groups in total. The predicted molar refractivity (Wildman–Crippen MR) is 70.9 cm³/mol. The van der Waals surface area contributed by atoms with E-state index < -0.39 is 11.6 Å². The lowest BCUT2D eigenvalue weighted by Gasteiger charge is -2.25. The Kier molecular flexibility index (Phi) is 5.60. The van der Waals surface area contributed by atoms with Gasteiger partial charge in [-0.15, -0.1) is 0 Å². The van der Waals surface area contributed by atoms with Gasteiger partial charge in [-0.1, -0.05) is 12.8 Å². The molecule has 0 heterocycles. The number of urea groups is 1. The van der Waals surface area contributed by atoms with E-state index in [-0.39, 0.29) is 19.0 Å². The molecule has 0 aromatic heterocycles. The van der Waals surface area contributed by atoms with Gasteiger partial charge >= 0.3 is 12.0 Å². The van der Waals surface area contributed by atoms with Crippen LogP contribution >= 0.6 is 0 Å². The van der Waals surface area contributed by atoms with Gasteiger partial charge in [0.05, 0.1) is 12.0 Å². The van der Waals surface area contributed by atoms with Crippen LogP contribution in [-0.4, -0.2) is 52.9 Å². The highest BCUT2D eigenvalue weighted by molar-refractivity contribution is 5.74. The van der Waals surface area contributed by atoms with Crippen LogP contribution < -0.4 is 5.32 Å². The van der Waals surface area contributed by atoms with Crippen LogP contribution in [0.2, 0.25) is 0 Å². The van der Waals surface area contributed by atoms with Crippen LogP contribution in [0, 0.1) is 5.92 Å². The number of carbonyl (C=O) groups excluding carboxylic acids is 1. The van der Waals surface area contributed by atoms with Gasteiger partial charge in [-0.2, -0.15) is 0 Å². The first-order chi connectivity index (χ1) is 8.80. The summed E-state index contributed by atoms with van der Waals surface area (Å²) in [6.07, 6.45) is 4.39. The number of rotatable bonds is 6. The molecule has 1 aliphatic rings. The summed E-state index contributed by atoms with van der Waals surface area (Å²) < 4.78 is 0. The van der Waals surface area contributed by atoms with Crippen LogP contribution in [0.5, 0.6) is 0 Å². The Hall–Kier alpha value is -1.30. The van der Waals surface area contributed by atoms with E-state index in [0.717, 1.165) is 12.8 Å². The summed E-state index contributed by atoms with van der Waals surface area (Å²) in [6, 6.07) is -0.266. The Balaban J connectivity index is 2.31. The summed E-state index contributed by atoms with van der Waals surface area (Å²) in [6.45, 7) is 2.05. The number of nitrogens with zero attached hydrogens (tertiary/aromatic N) is 1. The van der Waals surface area contributed by atoms with Crippen molar-refractivity contribution in [1.82, 2.24) is 10.2 Å². The van der Waals surface area contributed by atoms with Crippen LogP contribution in [0.15, 0.2) is 0 Å². The molecule has 1 atom stereocenters. The molecule has 1 fully saturated rings. The minimum absolute atomic E-state index is 0.0624. The van der Waals surface area contributed by atoms with Gasteiger partial charge in [0.1, 0.15) is 0 Å². The molecule has 6 heteroatoms. The van der Waals surface area contributed by atoms with Crippen molar-refractivity contribution in [2.45, 2.75) is 44.6 Å². The largest absolute Gasteiger partial charge is 0.481 e. The first-order valence-corrected chi connectivity index (χ1v) is 6.73. The van der Waals surface area contributed by atoms with Crippen LogP contribution in [0.1, 0.15) is 39.0 Å². The number of aliphatic hydroxyl groups is 1. The third-order valence-electron chi connectivity index (χ3n) is 3.51. The first-order valence-electron chi connectivity index (χ1n) is 6.73. The van der Waals surface area contributed by atoms with Gasteiger partial charge in [-0.3, -0.25) is 4.79 Å². The number of carboxylic acid groups (broad SMARTS) is 1. The second kappa shape index (κ2) is 6.75. The van der Waals surface area contributed by atoms with Crippen molar-refractivity contribution in [3.05, 3.63) is 0 Å². The lowest BCUT2D eigenvalue weighted by molar-refractivity contribution is -0.141. The summed E-state index contributed by atoms with van der Waals surface area (Å²) in [4.78, 5) is 24.0. The highest BCUT2D eigenvalue weighted by Crippen LogP contribution is 2.25. The molecule has 1 saturated carbocycles. The fourth-order valence-corrected chi connectivity index (χ4v) is 2.45. The number of carboxylic acids is 1. The van der Waals surface area contributed by atoms with Crippen molar-refractivity contribution in [2.75, 3.05) is 20.1 Å². The number of carbonyl (C=O) groups is 2. The number of nitrogens with one attached hydrogen (secondary N) is 1. The fraction of sp³-hybridized carbons (Fsp3) is 0.846. The summed E-state index contributed by atoms with van der Waals surface area (Å²) >= 11 is 0. The average molecular weight is 272 g/mol. The maximum absolute atomic E-state index is 11.8. The van der Waals surface area contributed by atoms with Gasteiger partial charge < -0.3 is 20.4 Å². The third kappa shape index (κ3) is 5.92. The van der Waals surface area contributed by atoms with E-state index >= 15 is 0 Å². The van der Waals surface area contributed by atoms with Crippen molar-refractivity contribution in [3.63, 3.8) is 0 Å². The molecule has 19 heavy (non-hydrogen) atoms. The molecule has 0 radical (unpaired) electrons. The number of aliphatic carboxylic acids is 1.